The number of aromatic amines is 1. The van der Waals surface area contributed by atoms with E-state index in [0.29, 0.717) is 22.9 Å². The normalized spacial score (nSPS) is 11.7. The van der Waals surface area contributed by atoms with Gasteiger partial charge in [0.15, 0.2) is 20.7 Å². The van der Waals surface area contributed by atoms with E-state index in [9.17, 15) is 9.59 Å². The lowest BCUT2D eigenvalue weighted by molar-refractivity contribution is 0.538. The molecule has 1 aromatic carbocycles. The van der Waals surface area contributed by atoms with Gasteiger partial charge in [-0.3, -0.25) is 14.3 Å². The molecule has 0 aliphatic carbocycles. The average Bonchev–Trinajstić information content (AvgIpc) is 3.33. The van der Waals surface area contributed by atoms with Crippen molar-refractivity contribution in [1.29, 1.82) is 0 Å². The monoisotopic (exact) mass is 457 g/mol. The molecule has 1 N–H and O–H groups in total. The molecule has 4 rings (SSSR count). The minimum atomic E-state index is -0.449. The number of aryl methyl sites for hydroxylation is 2. The number of hydrogen-bond donors (Lipinski definition) is 1. The van der Waals surface area contributed by atoms with Crippen LogP contribution in [0.1, 0.15) is 51.9 Å². The predicted octanol–water partition coefficient (Wildman–Crippen LogP) is 4.93. The van der Waals surface area contributed by atoms with Gasteiger partial charge < -0.3 is 4.57 Å². The van der Waals surface area contributed by atoms with Crippen molar-refractivity contribution < 1.29 is 0 Å². The molecule has 0 radical (unpaired) electrons. The van der Waals surface area contributed by atoms with Crippen LogP contribution in [0.15, 0.2) is 43.4 Å². The van der Waals surface area contributed by atoms with E-state index < -0.39 is 5.69 Å². The summed E-state index contributed by atoms with van der Waals surface area (Å²) in [5.41, 5.74) is 0.992. The maximum absolute atomic E-state index is 12.6. The van der Waals surface area contributed by atoms with Gasteiger partial charge in [-0.25, -0.2) is 14.8 Å². The molecule has 9 heteroatoms. The van der Waals surface area contributed by atoms with Crippen molar-refractivity contribution in [3.05, 3.63) is 45.1 Å². The molecular formula is C22H27N5O2S2. The maximum atomic E-state index is 12.6. The molecule has 3 heterocycles. The van der Waals surface area contributed by atoms with Crippen molar-refractivity contribution in [2.24, 2.45) is 7.05 Å². The third-order valence-corrected chi connectivity index (χ3v) is 7.50. The van der Waals surface area contributed by atoms with Gasteiger partial charge in [-0.15, -0.1) is 11.3 Å². The second-order valence-corrected chi connectivity index (χ2v) is 9.95. The fourth-order valence-electron chi connectivity index (χ4n) is 3.70. The quantitative estimate of drug-likeness (QED) is 0.341. The molecule has 31 heavy (non-hydrogen) atoms. The lowest BCUT2D eigenvalue weighted by Gasteiger charge is -2.07. The minimum Gasteiger partial charge on any atom is -0.313 e. The number of nitrogens with one attached hydrogen (secondary N) is 1. The Bertz CT molecular complexity index is 1270. The van der Waals surface area contributed by atoms with Gasteiger partial charge in [-0.1, -0.05) is 57.6 Å². The van der Waals surface area contributed by atoms with Gasteiger partial charge in [0.05, 0.1) is 10.2 Å². The topological polar surface area (TPSA) is 85.6 Å². The van der Waals surface area contributed by atoms with Crippen molar-refractivity contribution in [2.75, 3.05) is 0 Å². The lowest BCUT2D eigenvalue weighted by Crippen LogP contribution is -2.29. The Morgan fingerprint density at radius 1 is 1.03 bits per heavy atom. The van der Waals surface area contributed by atoms with Crippen LogP contribution in [0.4, 0.5) is 0 Å². The number of unbranched alkanes of at least 4 members (excludes halogenated alkanes) is 6. The van der Waals surface area contributed by atoms with Crippen LogP contribution >= 0.6 is 23.1 Å². The summed E-state index contributed by atoms with van der Waals surface area (Å²) in [5.74, 6) is 0. The van der Waals surface area contributed by atoms with Crippen LogP contribution in [0.2, 0.25) is 0 Å². The maximum Gasteiger partial charge on any atom is 0.329 e. The Hall–Kier alpha value is -2.39. The summed E-state index contributed by atoms with van der Waals surface area (Å²) in [7, 11) is 1.64. The highest BCUT2D eigenvalue weighted by Crippen LogP contribution is 2.35. The number of para-hydroxylation sites is 1. The average molecular weight is 458 g/mol. The van der Waals surface area contributed by atoms with Gasteiger partial charge in [0.2, 0.25) is 0 Å². The number of thiazole rings is 1. The standard InChI is InChI=1S/C22H27N5O2S2/c1-3-4-5-6-7-8-11-14-27-17-18(26(2)20(29)25-19(17)28)24-21(27)31-22-23-15-12-9-10-13-16(15)30-22/h9-10,12-13H,3-8,11,14H2,1-2H3,(H,25,28,29). The van der Waals surface area contributed by atoms with Crippen LogP contribution < -0.4 is 11.2 Å². The lowest BCUT2D eigenvalue weighted by atomic mass is 10.1. The number of imidazole rings is 1. The zero-order chi connectivity index (χ0) is 21.8. The molecule has 0 aliphatic rings. The molecule has 7 nitrogen and oxygen atoms in total. The summed E-state index contributed by atoms with van der Waals surface area (Å²) in [5, 5.41) is 0.701. The summed E-state index contributed by atoms with van der Waals surface area (Å²) < 4.78 is 5.35. The molecule has 3 aromatic heterocycles. The first-order valence-corrected chi connectivity index (χ1v) is 12.4. The zero-order valence-corrected chi connectivity index (χ0v) is 19.5. The van der Waals surface area contributed by atoms with E-state index in [4.69, 9.17) is 4.98 Å². The number of benzene rings is 1. The van der Waals surface area contributed by atoms with E-state index in [-0.39, 0.29) is 5.56 Å². The molecule has 0 unspecified atom stereocenters. The highest BCUT2D eigenvalue weighted by Gasteiger charge is 2.19. The molecule has 0 fully saturated rings. The first kappa shape index (κ1) is 21.8. The highest BCUT2D eigenvalue weighted by atomic mass is 32.2. The predicted molar refractivity (Wildman–Crippen MR) is 127 cm³/mol. The Morgan fingerprint density at radius 3 is 2.55 bits per heavy atom. The summed E-state index contributed by atoms with van der Waals surface area (Å²) >= 11 is 3.06. The molecule has 0 saturated carbocycles. The van der Waals surface area contributed by atoms with Crippen molar-refractivity contribution in [1.82, 2.24) is 24.1 Å². The number of hydrogen-bond acceptors (Lipinski definition) is 6. The Labute approximate surface area is 188 Å². The summed E-state index contributed by atoms with van der Waals surface area (Å²) in [6.45, 7) is 2.92. The first-order chi connectivity index (χ1) is 15.1. The number of rotatable bonds is 10. The third kappa shape index (κ3) is 4.77. The number of H-pyrrole nitrogens is 1. The number of nitrogens with zero attached hydrogens (tertiary/aromatic N) is 4. The fraction of sp³-hybridized carbons (Fsp3) is 0.455. The SMILES string of the molecule is CCCCCCCCCn1c(Sc2nc3ccccc3s2)nc2c1c(=O)[nH]c(=O)n2C. The smallest absolute Gasteiger partial charge is 0.313 e. The molecule has 0 atom stereocenters. The first-order valence-electron chi connectivity index (χ1n) is 10.8. The van der Waals surface area contributed by atoms with E-state index in [1.54, 1.807) is 18.4 Å². The fourth-order valence-corrected chi connectivity index (χ4v) is 5.78. The van der Waals surface area contributed by atoms with Gasteiger partial charge in [-0.05, 0) is 30.3 Å². The van der Waals surface area contributed by atoms with Gasteiger partial charge in [-0.2, -0.15) is 0 Å². The highest BCUT2D eigenvalue weighted by molar-refractivity contribution is 8.01. The van der Waals surface area contributed by atoms with E-state index in [1.165, 1.54) is 48.4 Å². The molecule has 0 aliphatic heterocycles. The summed E-state index contributed by atoms with van der Waals surface area (Å²) in [4.78, 5) is 36.5. The van der Waals surface area contributed by atoms with E-state index in [1.807, 2.05) is 28.8 Å². The summed E-state index contributed by atoms with van der Waals surface area (Å²) in [6.07, 6.45) is 8.34. The van der Waals surface area contributed by atoms with Crippen LogP contribution in [-0.2, 0) is 13.6 Å². The van der Waals surface area contributed by atoms with E-state index in [2.05, 4.69) is 16.9 Å². The third-order valence-electron chi connectivity index (χ3n) is 5.41. The molecule has 0 amide bonds. The van der Waals surface area contributed by atoms with Crippen molar-refractivity contribution in [3.8, 4) is 0 Å². The largest absolute Gasteiger partial charge is 0.329 e. The molecule has 0 bridgehead atoms. The Morgan fingerprint density at radius 2 is 1.77 bits per heavy atom. The molecule has 4 aromatic rings. The zero-order valence-electron chi connectivity index (χ0n) is 17.9. The van der Waals surface area contributed by atoms with E-state index in [0.717, 1.165) is 27.4 Å². The van der Waals surface area contributed by atoms with Gasteiger partial charge in [0.1, 0.15) is 0 Å². The van der Waals surface area contributed by atoms with Gasteiger partial charge in [0.25, 0.3) is 5.56 Å². The Kier molecular flexibility index (Phi) is 6.92. The van der Waals surface area contributed by atoms with Crippen LogP contribution in [0, 0.1) is 0 Å². The minimum absolute atomic E-state index is 0.385. The molecule has 0 saturated heterocycles. The second-order valence-electron chi connectivity index (χ2n) is 7.71. The van der Waals surface area contributed by atoms with Crippen molar-refractivity contribution in [2.45, 2.75) is 67.9 Å². The van der Waals surface area contributed by atoms with Gasteiger partial charge in [0, 0.05) is 13.6 Å². The van der Waals surface area contributed by atoms with Crippen LogP contribution in [0.3, 0.4) is 0 Å². The number of aromatic nitrogens is 5. The van der Waals surface area contributed by atoms with E-state index >= 15 is 0 Å². The summed E-state index contributed by atoms with van der Waals surface area (Å²) in [6, 6.07) is 8.01. The number of fused-ring (bicyclic) bond motifs is 2. The Balaban J connectivity index is 1.62. The second kappa shape index (κ2) is 9.82. The molecule has 0 spiro atoms. The van der Waals surface area contributed by atoms with Crippen LogP contribution in [0.25, 0.3) is 21.4 Å². The molecule has 164 valence electrons. The van der Waals surface area contributed by atoms with Crippen molar-refractivity contribution in [3.63, 3.8) is 0 Å². The van der Waals surface area contributed by atoms with Crippen LogP contribution in [0.5, 0.6) is 0 Å². The molecular weight excluding hydrogens is 430 g/mol. The van der Waals surface area contributed by atoms with Gasteiger partial charge >= 0.3 is 5.69 Å². The van der Waals surface area contributed by atoms with Crippen molar-refractivity contribution >= 4 is 44.5 Å². The van der Waals surface area contributed by atoms with Crippen LogP contribution in [-0.4, -0.2) is 24.1 Å².